The smallest absolute Gasteiger partial charge is 0.367 e. The maximum Gasteiger partial charge on any atom is 0.417 e. The minimum Gasteiger partial charge on any atom is -0.367 e. The van der Waals surface area contributed by atoms with Gasteiger partial charge in [-0.25, -0.2) is 4.98 Å². The second-order valence-electron chi connectivity index (χ2n) is 7.13. The predicted molar refractivity (Wildman–Crippen MR) is 113 cm³/mol. The molecule has 4 rings (SSSR count). The van der Waals surface area contributed by atoms with Crippen molar-refractivity contribution in [3.63, 3.8) is 0 Å². The first-order chi connectivity index (χ1) is 14.8. The van der Waals surface area contributed by atoms with Crippen molar-refractivity contribution in [2.45, 2.75) is 12.6 Å². The highest BCUT2D eigenvalue weighted by Crippen LogP contribution is 2.30. The SMILES string of the molecule is O=c1c(Cl)c(N2CCCN(c3ccc(C(F)(F)F)cn3)CC2)cnn1-c1ccccc1. The van der Waals surface area contributed by atoms with Crippen LogP contribution in [0, 0.1) is 0 Å². The number of hydrogen-bond donors (Lipinski definition) is 0. The van der Waals surface area contributed by atoms with E-state index in [1.807, 2.05) is 28.0 Å². The quantitative estimate of drug-likeness (QED) is 0.604. The highest BCUT2D eigenvalue weighted by Gasteiger charge is 2.31. The van der Waals surface area contributed by atoms with E-state index in [1.165, 1.54) is 10.7 Å². The monoisotopic (exact) mass is 449 g/mol. The van der Waals surface area contributed by atoms with Gasteiger partial charge < -0.3 is 9.80 Å². The number of hydrogen-bond acceptors (Lipinski definition) is 5. The first-order valence-electron chi connectivity index (χ1n) is 9.71. The van der Waals surface area contributed by atoms with Gasteiger partial charge in [0.2, 0.25) is 0 Å². The molecule has 1 saturated heterocycles. The lowest BCUT2D eigenvalue weighted by Gasteiger charge is -2.25. The van der Waals surface area contributed by atoms with Crippen LogP contribution in [0.5, 0.6) is 0 Å². The summed E-state index contributed by atoms with van der Waals surface area (Å²) in [6, 6.07) is 11.4. The number of pyridine rings is 1. The summed E-state index contributed by atoms with van der Waals surface area (Å²) in [6.07, 6.45) is -1.27. The highest BCUT2D eigenvalue weighted by molar-refractivity contribution is 6.33. The first-order valence-corrected chi connectivity index (χ1v) is 10.1. The van der Waals surface area contributed by atoms with Gasteiger partial charge in [0, 0.05) is 32.4 Å². The maximum atomic E-state index is 12.8. The topological polar surface area (TPSA) is 54.3 Å². The van der Waals surface area contributed by atoms with E-state index >= 15 is 0 Å². The zero-order valence-corrected chi connectivity index (χ0v) is 17.1. The number of anilines is 2. The number of halogens is 4. The zero-order chi connectivity index (χ0) is 22.0. The maximum absolute atomic E-state index is 12.8. The summed E-state index contributed by atoms with van der Waals surface area (Å²) in [5.41, 5.74) is -0.0159. The van der Waals surface area contributed by atoms with E-state index in [0.717, 1.165) is 18.7 Å². The molecule has 0 N–H and O–H groups in total. The van der Waals surface area contributed by atoms with Crippen LogP contribution in [0.15, 0.2) is 59.7 Å². The number of alkyl halides is 3. The molecule has 0 spiro atoms. The Morgan fingerprint density at radius 3 is 2.29 bits per heavy atom. The van der Waals surface area contributed by atoms with Crippen LogP contribution in [0.1, 0.15) is 12.0 Å². The van der Waals surface area contributed by atoms with E-state index in [-0.39, 0.29) is 5.02 Å². The van der Waals surface area contributed by atoms with Crippen LogP contribution in [0.4, 0.5) is 24.7 Å². The van der Waals surface area contributed by atoms with Crippen molar-refractivity contribution in [2.75, 3.05) is 36.0 Å². The Hall–Kier alpha value is -3.07. The molecule has 3 aromatic rings. The molecule has 1 fully saturated rings. The fourth-order valence-electron chi connectivity index (χ4n) is 3.53. The Morgan fingerprint density at radius 2 is 1.61 bits per heavy atom. The molecule has 162 valence electrons. The van der Waals surface area contributed by atoms with Crippen molar-refractivity contribution in [2.24, 2.45) is 0 Å². The van der Waals surface area contributed by atoms with Crippen molar-refractivity contribution >= 4 is 23.1 Å². The normalized spacial score (nSPS) is 15.1. The van der Waals surface area contributed by atoms with E-state index in [9.17, 15) is 18.0 Å². The third-order valence-electron chi connectivity index (χ3n) is 5.14. The number of aromatic nitrogens is 3. The summed E-state index contributed by atoms with van der Waals surface area (Å²) >= 11 is 6.40. The van der Waals surface area contributed by atoms with Crippen molar-refractivity contribution in [1.29, 1.82) is 0 Å². The summed E-state index contributed by atoms with van der Waals surface area (Å²) in [6.45, 7) is 2.31. The highest BCUT2D eigenvalue weighted by atomic mass is 35.5. The molecule has 0 radical (unpaired) electrons. The van der Waals surface area contributed by atoms with Gasteiger partial charge in [0.15, 0.2) is 0 Å². The van der Waals surface area contributed by atoms with Crippen molar-refractivity contribution in [3.8, 4) is 5.69 Å². The lowest BCUT2D eigenvalue weighted by molar-refractivity contribution is -0.137. The van der Waals surface area contributed by atoms with Crippen LogP contribution in [-0.4, -0.2) is 40.9 Å². The molecule has 31 heavy (non-hydrogen) atoms. The molecular weight excluding hydrogens is 431 g/mol. The third kappa shape index (κ3) is 4.51. The molecule has 1 aliphatic rings. The first kappa shape index (κ1) is 21.2. The largest absolute Gasteiger partial charge is 0.417 e. The van der Waals surface area contributed by atoms with E-state index in [0.29, 0.717) is 43.4 Å². The number of nitrogens with zero attached hydrogens (tertiary/aromatic N) is 5. The van der Waals surface area contributed by atoms with E-state index in [2.05, 4.69) is 10.1 Å². The van der Waals surface area contributed by atoms with Gasteiger partial charge in [-0.05, 0) is 30.7 Å². The Kier molecular flexibility index (Phi) is 5.86. The number of para-hydroxylation sites is 1. The molecule has 0 unspecified atom stereocenters. The minimum atomic E-state index is -4.41. The van der Waals surface area contributed by atoms with Gasteiger partial charge in [0.1, 0.15) is 10.8 Å². The van der Waals surface area contributed by atoms with E-state index < -0.39 is 17.3 Å². The Bertz CT molecular complexity index is 1100. The number of rotatable bonds is 3. The lowest BCUT2D eigenvalue weighted by atomic mass is 10.2. The van der Waals surface area contributed by atoms with Crippen LogP contribution < -0.4 is 15.4 Å². The van der Waals surface area contributed by atoms with E-state index in [1.54, 1.807) is 18.3 Å². The molecule has 3 heterocycles. The number of benzene rings is 1. The summed E-state index contributed by atoms with van der Waals surface area (Å²) in [5, 5.41) is 4.35. The summed E-state index contributed by atoms with van der Waals surface area (Å²) in [7, 11) is 0. The molecule has 6 nitrogen and oxygen atoms in total. The third-order valence-corrected chi connectivity index (χ3v) is 5.49. The van der Waals surface area contributed by atoms with Crippen LogP contribution in [-0.2, 0) is 6.18 Å². The summed E-state index contributed by atoms with van der Waals surface area (Å²) in [5.74, 6) is 0.485. The fraction of sp³-hybridized carbons (Fsp3) is 0.286. The van der Waals surface area contributed by atoms with Gasteiger partial charge in [0.25, 0.3) is 5.56 Å². The van der Waals surface area contributed by atoms with Gasteiger partial charge in [-0.2, -0.15) is 23.0 Å². The molecule has 1 aliphatic heterocycles. The molecule has 0 bridgehead atoms. The lowest BCUT2D eigenvalue weighted by Crippen LogP contribution is -2.33. The van der Waals surface area contributed by atoms with Crippen LogP contribution in [0.2, 0.25) is 5.02 Å². The summed E-state index contributed by atoms with van der Waals surface area (Å²) < 4.78 is 39.6. The Balaban J connectivity index is 1.51. The van der Waals surface area contributed by atoms with Gasteiger partial charge in [-0.1, -0.05) is 29.8 Å². The van der Waals surface area contributed by atoms with Gasteiger partial charge >= 0.3 is 6.18 Å². The minimum absolute atomic E-state index is 0.0833. The van der Waals surface area contributed by atoms with Gasteiger partial charge in [-0.15, -0.1) is 0 Å². The molecule has 0 atom stereocenters. The zero-order valence-electron chi connectivity index (χ0n) is 16.4. The molecule has 1 aromatic carbocycles. The van der Waals surface area contributed by atoms with Gasteiger partial charge in [-0.3, -0.25) is 4.79 Å². The molecular formula is C21H19ClF3N5O. The molecule has 0 aliphatic carbocycles. The Morgan fingerprint density at radius 1 is 0.903 bits per heavy atom. The fourth-order valence-corrected chi connectivity index (χ4v) is 3.77. The second-order valence-corrected chi connectivity index (χ2v) is 7.50. The van der Waals surface area contributed by atoms with Crippen molar-refractivity contribution in [1.82, 2.24) is 14.8 Å². The predicted octanol–water partition coefficient (Wildman–Crippen LogP) is 4.02. The molecule has 10 heteroatoms. The van der Waals surface area contributed by atoms with Crippen LogP contribution in [0.3, 0.4) is 0 Å². The van der Waals surface area contributed by atoms with E-state index in [4.69, 9.17) is 11.6 Å². The van der Waals surface area contributed by atoms with Crippen LogP contribution >= 0.6 is 11.6 Å². The average Bonchev–Trinajstić information content (AvgIpc) is 3.02. The standard InChI is InChI=1S/C21H19ClF3N5O/c22-19-17(14-27-30(20(19)31)16-5-2-1-3-6-16)28-9-4-10-29(12-11-28)18-8-7-15(13-26-18)21(23,24)25/h1-3,5-8,13-14H,4,9-12H2. The molecule has 0 amide bonds. The molecule has 0 saturated carbocycles. The Labute approximate surface area is 181 Å². The van der Waals surface area contributed by atoms with Gasteiger partial charge in [0.05, 0.1) is 23.1 Å². The summed E-state index contributed by atoms with van der Waals surface area (Å²) in [4.78, 5) is 20.6. The molecule has 2 aromatic heterocycles. The van der Waals surface area contributed by atoms with Crippen LogP contribution in [0.25, 0.3) is 5.69 Å². The van der Waals surface area contributed by atoms with Crippen molar-refractivity contribution in [3.05, 3.63) is 75.8 Å². The van der Waals surface area contributed by atoms with Crippen molar-refractivity contribution < 1.29 is 13.2 Å². The average molecular weight is 450 g/mol. The second kappa shape index (κ2) is 8.58.